The molecule has 0 atom stereocenters. The zero-order chi connectivity index (χ0) is 39.7. The Labute approximate surface area is 349 Å². The number of fused-ring (bicyclic) bond motifs is 3. The standard InChI is InChI=1S/C33H33.C15H14.C5H5.2ClH.Zr/c1-32(2,3)30-20-26-24(18-28(30)22-13-9-7-10-14-22)17-25-19-29(23-15-11-8-12-16-23)31(21-27(25)26)33(4,5)6;1-3-8-14(9-4-1)12-7-13-15-10-5-2-6-11-15;1-2-4-5-3-1;;;/h7-21H,1-6H3;1-6,8-11H,12-13H2;1-5H;2*1H;/q-1;;-1;;;+2/p-2. The van der Waals surface area contributed by atoms with Gasteiger partial charge in [-0.1, -0.05) is 114 Å². The number of hydrogen-bond donors (Lipinski definition) is 0. The molecule has 0 unspecified atom stereocenters. The van der Waals surface area contributed by atoms with Crippen molar-refractivity contribution in [1.29, 1.82) is 0 Å². The minimum atomic E-state index is -2.32. The van der Waals surface area contributed by atoms with Crippen LogP contribution in [0.1, 0.15) is 63.8 Å². The summed E-state index contributed by atoms with van der Waals surface area (Å²) in [6.45, 7) is 13.9. The Morgan fingerprint density at radius 3 is 1.14 bits per heavy atom. The molecular formula is C53H52Cl2Zr-2. The van der Waals surface area contributed by atoms with Crippen LogP contribution in [0.3, 0.4) is 0 Å². The van der Waals surface area contributed by atoms with Crippen LogP contribution in [0.4, 0.5) is 0 Å². The minimum absolute atomic E-state index is 0.0554. The van der Waals surface area contributed by atoms with Crippen LogP contribution in [0.2, 0.25) is 0 Å². The van der Waals surface area contributed by atoms with Gasteiger partial charge in [-0.25, -0.2) is 12.1 Å². The summed E-state index contributed by atoms with van der Waals surface area (Å²) in [6.07, 6.45) is 1.83. The van der Waals surface area contributed by atoms with E-state index in [1.54, 1.807) is 0 Å². The topological polar surface area (TPSA) is 0 Å². The molecule has 284 valence electrons. The largest absolute Gasteiger partial charge is 0.214 e. The van der Waals surface area contributed by atoms with E-state index in [0.29, 0.717) is 0 Å². The van der Waals surface area contributed by atoms with Gasteiger partial charge in [0.25, 0.3) is 0 Å². The molecule has 8 rings (SSSR count). The second-order valence-electron chi connectivity index (χ2n) is 16.5. The maximum atomic E-state index is 6.27. The van der Waals surface area contributed by atoms with Gasteiger partial charge in [-0.05, 0) is 44.2 Å². The summed E-state index contributed by atoms with van der Waals surface area (Å²) in [5.41, 5.74) is 10.8. The Bertz CT molecular complexity index is 2280. The fourth-order valence-corrected chi connectivity index (χ4v) is 10.5. The minimum Gasteiger partial charge on any atom is -0.214 e. The normalized spacial score (nSPS) is 11.4. The first-order chi connectivity index (χ1) is 26.9. The van der Waals surface area contributed by atoms with E-state index in [0.717, 1.165) is 12.8 Å². The van der Waals surface area contributed by atoms with Crippen LogP contribution in [-0.4, -0.2) is 3.21 Å². The third-order valence-electron chi connectivity index (χ3n) is 10.1. The summed E-state index contributed by atoms with van der Waals surface area (Å²) < 4.78 is 1.33. The Balaban J connectivity index is 0.000000192. The molecule has 0 fully saturated rings. The molecule has 0 aliphatic rings. The molecule has 0 aliphatic carbocycles. The van der Waals surface area contributed by atoms with Crippen molar-refractivity contribution >= 4 is 41.8 Å². The molecule has 0 spiro atoms. The van der Waals surface area contributed by atoms with E-state index >= 15 is 0 Å². The van der Waals surface area contributed by atoms with Crippen molar-refractivity contribution in [2.24, 2.45) is 0 Å². The van der Waals surface area contributed by atoms with Crippen molar-refractivity contribution in [2.75, 3.05) is 0 Å². The maximum Gasteiger partial charge on any atom is -0.172 e. The molecule has 0 aromatic heterocycles. The van der Waals surface area contributed by atoms with Gasteiger partial charge in [0.05, 0.1) is 0 Å². The number of hydrogen-bond acceptors (Lipinski definition) is 0. The number of halogens is 2. The summed E-state index contributed by atoms with van der Waals surface area (Å²) in [5, 5.41) is 5.36. The van der Waals surface area contributed by atoms with Crippen LogP contribution >= 0.6 is 17.0 Å². The Morgan fingerprint density at radius 2 is 0.839 bits per heavy atom. The predicted molar refractivity (Wildman–Crippen MR) is 244 cm³/mol. The fraction of sp³-hybridized carbons (Fsp3) is 0.189. The smallest absolute Gasteiger partial charge is 0.172 e. The molecule has 0 heterocycles. The zero-order valence-electron chi connectivity index (χ0n) is 33.5. The van der Waals surface area contributed by atoms with E-state index in [1.165, 1.54) is 69.3 Å². The van der Waals surface area contributed by atoms with Crippen molar-refractivity contribution in [3.63, 3.8) is 0 Å². The first kappa shape index (κ1) is 41.5. The SMILES string of the molecule is CC(C)(C)c1cc2c(cc1-c1ccccc1)[cH-]c1cc(-c3ccccc3)c(C(C)(C)C)cc12.[Cl][Zr]([Cl])=[C](Cc1ccccc1)Cc1ccccc1.c1cc[cH-]c1. The molecule has 8 aromatic rings. The van der Waals surface area contributed by atoms with E-state index in [4.69, 9.17) is 17.0 Å². The van der Waals surface area contributed by atoms with Gasteiger partial charge in [0.2, 0.25) is 0 Å². The summed E-state index contributed by atoms with van der Waals surface area (Å²) in [7, 11) is 12.5. The van der Waals surface area contributed by atoms with Gasteiger partial charge in [-0.2, -0.15) is 18.2 Å². The van der Waals surface area contributed by atoms with E-state index in [9.17, 15) is 0 Å². The molecule has 3 heteroatoms. The third-order valence-corrected chi connectivity index (χ3v) is 15.5. The first-order valence-corrected chi connectivity index (χ1v) is 27.0. The van der Waals surface area contributed by atoms with E-state index in [1.807, 2.05) is 42.5 Å². The van der Waals surface area contributed by atoms with Crippen LogP contribution in [0, 0.1) is 0 Å². The van der Waals surface area contributed by atoms with Crippen molar-refractivity contribution in [1.82, 2.24) is 0 Å². The average molecular weight is 851 g/mol. The van der Waals surface area contributed by atoms with Crippen molar-refractivity contribution in [3.8, 4) is 22.3 Å². The van der Waals surface area contributed by atoms with Crippen LogP contribution < -0.4 is 0 Å². The average Bonchev–Trinajstić information content (AvgIpc) is 3.90. The van der Waals surface area contributed by atoms with Crippen LogP contribution in [-0.2, 0) is 42.6 Å². The van der Waals surface area contributed by atoms with Crippen molar-refractivity contribution in [2.45, 2.75) is 65.2 Å². The summed E-state index contributed by atoms with van der Waals surface area (Å²) in [4.78, 5) is 0. The number of benzene rings is 6. The number of rotatable bonds is 6. The maximum absolute atomic E-state index is 6.27. The molecule has 0 bridgehead atoms. The van der Waals surface area contributed by atoms with Gasteiger partial charge < -0.3 is 0 Å². The van der Waals surface area contributed by atoms with Crippen molar-refractivity contribution < 1.29 is 18.9 Å². The summed E-state index contributed by atoms with van der Waals surface area (Å²) in [5.74, 6) is 0. The van der Waals surface area contributed by atoms with Crippen molar-refractivity contribution in [3.05, 3.63) is 204 Å². The molecule has 56 heavy (non-hydrogen) atoms. The Morgan fingerprint density at radius 1 is 0.482 bits per heavy atom. The van der Waals surface area contributed by atoms with Gasteiger partial charge in [0.15, 0.2) is 0 Å². The van der Waals surface area contributed by atoms with Crippen LogP contribution in [0.25, 0.3) is 43.8 Å². The molecule has 0 N–H and O–H groups in total. The van der Waals surface area contributed by atoms with E-state index in [2.05, 4.69) is 181 Å². The molecule has 0 saturated heterocycles. The van der Waals surface area contributed by atoms with Crippen LogP contribution in [0.5, 0.6) is 0 Å². The van der Waals surface area contributed by atoms with Crippen LogP contribution in [0.15, 0.2) is 182 Å². The van der Waals surface area contributed by atoms with Gasteiger partial charge in [0.1, 0.15) is 0 Å². The van der Waals surface area contributed by atoms with Gasteiger partial charge in [-0.15, -0.1) is 39.7 Å². The Kier molecular flexibility index (Phi) is 14.0. The first-order valence-electron chi connectivity index (χ1n) is 19.5. The Hall–Kier alpha value is -4.13. The third kappa shape index (κ3) is 10.8. The fourth-order valence-electron chi connectivity index (χ4n) is 7.26. The molecular weight excluding hydrogens is 799 g/mol. The molecule has 8 aromatic carbocycles. The molecule has 0 nitrogen and oxygen atoms in total. The molecule has 0 radical (unpaired) electrons. The summed E-state index contributed by atoms with van der Waals surface area (Å²) in [6, 6.07) is 64.5. The quantitative estimate of drug-likeness (QED) is 0.146. The molecule has 0 aliphatic heterocycles. The van der Waals surface area contributed by atoms with E-state index in [-0.39, 0.29) is 10.8 Å². The van der Waals surface area contributed by atoms with Gasteiger partial charge >= 0.3 is 124 Å². The van der Waals surface area contributed by atoms with E-state index < -0.39 is 18.9 Å². The molecule has 0 amide bonds. The second-order valence-corrected chi connectivity index (χ2v) is 25.1. The molecule has 0 saturated carbocycles. The predicted octanol–water partition coefficient (Wildman–Crippen LogP) is 15.6. The monoisotopic (exact) mass is 848 g/mol. The second kappa shape index (κ2) is 18.9. The van der Waals surface area contributed by atoms with Gasteiger partial charge in [-0.3, -0.25) is 0 Å². The van der Waals surface area contributed by atoms with Gasteiger partial charge in [0, 0.05) is 0 Å². The zero-order valence-corrected chi connectivity index (χ0v) is 37.5. The summed E-state index contributed by atoms with van der Waals surface area (Å²) >= 11 is -2.32.